The summed E-state index contributed by atoms with van der Waals surface area (Å²) in [6.07, 6.45) is -0.346. The Labute approximate surface area is 199 Å². The van der Waals surface area contributed by atoms with E-state index in [9.17, 15) is 23.8 Å². The van der Waals surface area contributed by atoms with Gasteiger partial charge in [-0.2, -0.15) is 0 Å². The first kappa shape index (κ1) is 26.4. The number of nitrogens with zero attached hydrogens (tertiary/aromatic N) is 4. The fourth-order valence-corrected chi connectivity index (χ4v) is 4.68. The van der Waals surface area contributed by atoms with Crippen LogP contribution < -0.4 is 21.7 Å². The molecule has 0 aliphatic carbocycles. The Kier molecular flexibility index (Phi) is 8.62. The molecule has 1 aliphatic heterocycles. The van der Waals surface area contributed by atoms with E-state index in [1.54, 1.807) is 24.3 Å². The maximum atomic E-state index is 12.7. The highest BCUT2D eigenvalue weighted by Crippen LogP contribution is 2.40. The maximum absolute atomic E-state index is 12.7. The van der Waals surface area contributed by atoms with Crippen molar-refractivity contribution >= 4 is 13.7 Å². The van der Waals surface area contributed by atoms with Gasteiger partial charge in [-0.1, -0.05) is 35.4 Å². The number of azide groups is 1. The number of aryl methyl sites for hydroxylation is 1. The van der Waals surface area contributed by atoms with E-state index >= 15 is 0 Å². The Balaban J connectivity index is 1.70. The van der Waals surface area contributed by atoms with Gasteiger partial charge in [-0.15, -0.1) is 0 Å². The van der Waals surface area contributed by atoms with E-state index in [2.05, 4.69) is 25.4 Å². The van der Waals surface area contributed by atoms with E-state index in [1.807, 2.05) is 6.07 Å². The third-order valence-electron chi connectivity index (χ3n) is 5.44. The van der Waals surface area contributed by atoms with Gasteiger partial charge in [-0.05, 0) is 24.4 Å². The molecular formula is C20H26N7O7P. The second kappa shape index (κ2) is 11.5. The number of carbonyl (C=O) groups excluding carboxylic acids is 1. The van der Waals surface area contributed by atoms with E-state index in [4.69, 9.17) is 14.8 Å². The van der Waals surface area contributed by atoms with E-state index < -0.39 is 55.9 Å². The highest BCUT2D eigenvalue weighted by Gasteiger charge is 2.38. The number of H-pyrrole nitrogens is 1. The van der Waals surface area contributed by atoms with Gasteiger partial charge >= 0.3 is 13.4 Å². The molecule has 2 unspecified atom stereocenters. The van der Waals surface area contributed by atoms with Crippen molar-refractivity contribution in [3.8, 4) is 0 Å². The van der Waals surface area contributed by atoms with Gasteiger partial charge in [0.05, 0.1) is 18.8 Å². The summed E-state index contributed by atoms with van der Waals surface area (Å²) >= 11 is 0. The average molecular weight is 507 g/mol. The van der Waals surface area contributed by atoms with Crippen molar-refractivity contribution < 1.29 is 23.5 Å². The predicted octanol–water partition coefficient (Wildman–Crippen LogP) is 0.875. The van der Waals surface area contributed by atoms with Gasteiger partial charge in [-0.25, -0.2) is 14.4 Å². The van der Waals surface area contributed by atoms with Crippen LogP contribution in [0.4, 0.5) is 0 Å². The number of aromatic nitrogens is 2. The van der Waals surface area contributed by atoms with Crippen molar-refractivity contribution in [2.24, 2.45) is 5.11 Å². The van der Waals surface area contributed by atoms with Gasteiger partial charge in [0.15, 0.2) is 0 Å². The number of aromatic amines is 1. The van der Waals surface area contributed by atoms with E-state index in [1.165, 1.54) is 20.2 Å². The number of benzene rings is 1. The van der Waals surface area contributed by atoms with Crippen molar-refractivity contribution in [1.82, 2.24) is 20.0 Å². The number of rotatable bonds is 10. The molecule has 5 atom stereocenters. The van der Waals surface area contributed by atoms with Crippen molar-refractivity contribution in [1.29, 1.82) is 0 Å². The molecule has 3 rings (SSSR count). The zero-order chi connectivity index (χ0) is 25.6. The van der Waals surface area contributed by atoms with Crippen molar-refractivity contribution in [3.05, 3.63) is 78.9 Å². The summed E-state index contributed by atoms with van der Waals surface area (Å²) in [4.78, 5) is 51.4. The number of ether oxygens (including phenoxy) is 1. The molecule has 1 fully saturated rings. The predicted molar refractivity (Wildman–Crippen MR) is 124 cm³/mol. The SMILES string of the molecule is CNC(=O)[C@H](Cc1ccccc1)NP(=O)(O)OC[C@H]1OC(n2cc(C)c(=O)[nH]c2=O)C[C@H]1N=[N+]=[N-]. The Morgan fingerprint density at radius 1 is 1.43 bits per heavy atom. The van der Waals surface area contributed by atoms with Crippen LogP contribution in [0.25, 0.3) is 10.4 Å². The molecule has 188 valence electrons. The second-order valence-corrected chi connectivity index (χ2v) is 9.47. The highest BCUT2D eigenvalue weighted by atomic mass is 31.2. The summed E-state index contributed by atoms with van der Waals surface area (Å²) in [7, 11) is -3.10. The minimum absolute atomic E-state index is 0.0709. The summed E-state index contributed by atoms with van der Waals surface area (Å²) in [5, 5.41) is 8.43. The lowest BCUT2D eigenvalue weighted by Gasteiger charge is -2.23. The number of hydrogen-bond acceptors (Lipinski definition) is 7. The largest absolute Gasteiger partial charge is 0.403 e. The molecule has 4 N–H and O–H groups in total. The van der Waals surface area contributed by atoms with Gasteiger partial charge in [-0.3, -0.25) is 23.7 Å². The molecule has 1 amide bonds. The fourth-order valence-electron chi connectivity index (χ4n) is 3.65. The van der Waals surface area contributed by atoms with Crippen LogP contribution in [0.1, 0.15) is 23.8 Å². The summed E-state index contributed by atoms with van der Waals surface area (Å²) in [6.45, 7) is 1.05. The van der Waals surface area contributed by atoms with Gasteiger partial charge in [0, 0.05) is 30.1 Å². The van der Waals surface area contributed by atoms with E-state index in [-0.39, 0.29) is 18.4 Å². The Bertz CT molecular complexity index is 1260. The van der Waals surface area contributed by atoms with Crippen molar-refractivity contribution in [2.45, 2.75) is 44.2 Å². The van der Waals surface area contributed by atoms with Crippen LogP contribution in [0.5, 0.6) is 0 Å². The molecule has 0 spiro atoms. The van der Waals surface area contributed by atoms with Crippen LogP contribution in [-0.4, -0.2) is 52.2 Å². The van der Waals surface area contributed by atoms with E-state index in [0.29, 0.717) is 0 Å². The average Bonchev–Trinajstić information content (AvgIpc) is 3.22. The fraction of sp³-hybridized carbons (Fsp3) is 0.450. The second-order valence-electron chi connectivity index (χ2n) is 7.92. The third-order valence-corrected chi connectivity index (χ3v) is 6.58. The third kappa shape index (κ3) is 6.89. The summed E-state index contributed by atoms with van der Waals surface area (Å²) in [6, 6.07) is 7.04. The van der Waals surface area contributed by atoms with Gasteiger partial charge in [0.1, 0.15) is 12.3 Å². The quantitative estimate of drug-likeness (QED) is 0.157. The number of hydrogen-bond donors (Lipinski definition) is 4. The number of carbonyl (C=O) groups is 1. The zero-order valence-corrected chi connectivity index (χ0v) is 19.9. The molecule has 1 aromatic heterocycles. The van der Waals surface area contributed by atoms with Crippen LogP contribution >= 0.6 is 7.75 Å². The number of amides is 1. The standard InChI is InChI=1S/C20H26N7O7P/c1-12-10-27(20(30)23-18(12)28)17-9-14(24-26-21)16(34-17)11-33-35(31,32)25-15(19(29)22-2)8-13-6-4-3-5-7-13/h3-7,10,14-17H,8-9,11H2,1-2H3,(H,22,29)(H,23,28,30)(H2,25,31,32)/t14-,15+,16-,17?/m1/s1. The molecule has 1 saturated heterocycles. The first-order valence-electron chi connectivity index (χ1n) is 10.7. The van der Waals surface area contributed by atoms with Gasteiger partial charge in [0.2, 0.25) is 5.91 Å². The molecule has 35 heavy (non-hydrogen) atoms. The molecule has 0 bridgehead atoms. The Morgan fingerprint density at radius 3 is 2.80 bits per heavy atom. The first-order valence-corrected chi connectivity index (χ1v) is 12.2. The molecule has 1 aliphatic rings. The molecule has 0 radical (unpaired) electrons. The summed E-state index contributed by atoms with van der Waals surface area (Å²) in [5.74, 6) is -0.510. The first-order chi connectivity index (χ1) is 16.6. The number of likely N-dealkylation sites (N-methyl/N-ethyl adjacent to an activating group) is 1. The maximum Gasteiger partial charge on any atom is 0.403 e. The monoisotopic (exact) mass is 507 g/mol. The topological polar surface area (TPSA) is 201 Å². The number of nitrogens with one attached hydrogen (secondary N) is 3. The summed E-state index contributed by atoms with van der Waals surface area (Å²) < 4.78 is 24.8. The Morgan fingerprint density at radius 2 is 2.14 bits per heavy atom. The van der Waals surface area contributed by atoms with Crippen molar-refractivity contribution in [2.75, 3.05) is 13.7 Å². The molecule has 2 heterocycles. The molecular weight excluding hydrogens is 481 g/mol. The lowest BCUT2D eigenvalue weighted by Crippen LogP contribution is -2.43. The van der Waals surface area contributed by atoms with Crippen LogP contribution in [-0.2, 0) is 25.0 Å². The smallest absolute Gasteiger partial charge is 0.358 e. The van der Waals surface area contributed by atoms with Crippen molar-refractivity contribution in [3.63, 3.8) is 0 Å². The minimum Gasteiger partial charge on any atom is -0.358 e. The molecule has 15 heteroatoms. The van der Waals surface area contributed by atoms with Gasteiger partial charge < -0.3 is 14.9 Å². The van der Waals surface area contributed by atoms with Crippen LogP contribution in [0, 0.1) is 6.92 Å². The van der Waals surface area contributed by atoms with Gasteiger partial charge in [0.25, 0.3) is 5.56 Å². The molecule has 1 aromatic carbocycles. The van der Waals surface area contributed by atoms with Crippen LogP contribution in [0.3, 0.4) is 0 Å². The lowest BCUT2D eigenvalue weighted by atomic mass is 10.1. The molecule has 2 aromatic rings. The van der Waals surface area contributed by atoms with E-state index in [0.717, 1.165) is 10.1 Å². The lowest BCUT2D eigenvalue weighted by molar-refractivity contribution is -0.122. The minimum atomic E-state index is -4.51. The normalized spacial score (nSPS) is 22.1. The summed E-state index contributed by atoms with van der Waals surface area (Å²) in [5.41, 5.74) is 8.69. The van der Waals surface area contributed by atoms with Crippen LogP contribution in [0.15, 0.2) is 51.2 Å². The molecule has 14 nitrogen and oxygen atoms in total. The highest BCUT2D eigenvalue weighted by molar-refractivity contribution is 7.50. The molecule has 0 saturated carbocycles. The Hall–Kier alpha value is -3.25. The van der Waals surface area contributed by atoms with Crippen LogP contribution in [0.2, 0.25) is 0 Å². The zero-order valence-electron chi connectivity index (χ0n) is 19.0.